The molecule has 8 nitrogen and oxygen atoms in total. The van der Waals surface area contributed by atoms with Gasteiger partial charge in [0.05, 0.1) is 4.90 Å². The van der Waals surface area contributed by atoms with Gasteiger partial charge in [-0.05, 0) is 42.3 Å². The quantitative estimate of drug-likeness (QED) is 0.610. The van der Waals surface area contributed by atoms with E-state index in [9.17, 15) is 18.0 Å². The number of hydrogen-bond acceptors (Lipinski definition) is 4. The topological polar surface area (TPSA) is 130 Å². The Kier molecular flexibility index (Phi) is 6.31. The number of nitrogens with two attached hydrogens (primary N) is 1. The van der Waals surface area contributed by atoms with Crippen LogP contribution in [0.1, 0.15) is 12.5 Å². The van der Waals surface area contributed by atoms with E-state index >= 15 is 0 Å². The Morgan fingerprint density at radius 2 is 1.62 bits per heavy atom. The number of nitrogens with one attached hydrogen (secondary N) is 3. The third kappa shape index (κ3) is 6.19. The molecule has 0 aliphatic heterocycles. The zero-order chi connectivity index (χ0) is 19.2. The average Bonchev–Trinajstić information content (AvgIpc) is 2.54. The summed E-state index contributed by atoms with van der Waals surface area (Å²) in [6.45, 7) is 1.77. The second-order valence-corrected chi connectivity index (χ2v) is 7.14. The van der Waals surface area contributed by atoms with E-state index in [-0.39, 0.29) is 16.8 Å². The first kappa shape index (κ1) is 19.4. The van der Waals surface area contributed by atoms with Gasteiger partial charge < -0.3 is 16.0 Å². The van der Waals surface area contributed by atoms with Crippen molar-refractivity contribution in [3.63, 3.8) is 0 Å². The van der Waals surface area contributed by atoms with E-state index in [1.807, 2.05) is 0 Å². The third-order valence-corrected chi connectivity index (χ3v) is 4.32. The number of urea groups is 1. The van der Waals surface area contributed by atoms with Crippen molar-refractivity contribution in [1.82, 2.24) is 5.32 Å². The molecule has 0 saturated carbocycles. The molecule has 0 heterocycles. The minimum atomic E-state index is -3.71. The predicted octanol–water partition coefficient (Wildman–Crippen LogP) is 1.66. The van der Waals surface area contributed by atoms with Crippen LogP contribution in [0, 0.1) is 0 Å². The normalized spacial score (nSPS) is 10.8. The largest absolute Gasteiger partial charge is 0.338 e. The van der Waals surface area contributed by atoms with Gasteiger partial charge in [0, 0.05) is 24.8 Å². The molecule has 0 saturated heterocycles. The fraction of sp³-hybridized carbons (Fsp3) is 0.176. The summed E-state index contributed by atoms with van der Waals surface area (Å²) in [5.41, 5.74) is 2.00. The first-order valence-corrected chi connectivity index (χ1v) is 9.33. The SMILES string of the molecule is CC(=O)Nc1cccc(NC(=O)NCCc2ccc(S(N)(=O)=O)cc2)c1. The Bertz CT molecular complexity index is 895. The summed E-state index contributed by atoms with van der Waals surface area (Å²) >= 11 is 0. The van der Waals surface area contributed by atoms with Crippen molar-refractivity contribution in [1.29, 1.82) is 0 Å². The van der Waals surface area contributed by atoms with E-state index in [0.29, 0.717) is 24.3 Å². The van der Waals surface area contributed by atoms with Gasteiger partial charge in [-0.1, -0.05) is 18.2 Å². The van der Waals surface area contributed by atoms with Crippen LogP contribution in [0.25, 0.3) is 0 Å². The van der Waals surface area contributed by atoms with Crippen LogP contribution in [0.5, 0.6) is 0 Å². The van der Waals surface area contributed by atoms with Gasteiger partial charge in [0.2, 0.25) is 15.9 Å². The molecular formula is C17H20N4O4S. The van der Waals surface area contributed by atoms with Gasteiger partial charge in [0.1, 0.15) is 0 Å². The standard InChI is InChI=1S/C17H20N4O4S/c1-12(22)20-14-3-2-4-15(11-14)21-17(23)19-10-9-13-5-7-16(8-6-13)26(18,24)25/h2-8,11H,9-10H2,1H3,(H,20,22)(H2,18,24,25)(H2,19,21,23). The minimum absolute atomic E-state index is 0.0472. The molecule has 2 rings (SSSR count). The molecule has 5 N–H and O–H groups in total. The maximum atomic E-state index is 11.9. The van der Waals surface area contributed by atoms with Gasteiger partial charge in [-0.2, -0.15) is 0 Å². The third-order valence-electron chi connectivity index (χ3n) is 3.39. The van der Waals surface area contributed by atoms with Crippen LogP contribution in [-0.2, 0) is 21.2 Å². The number of primary sulfonamides is 1. The molecule has 0 unspecified atom stereocenters. The van der Waals surface area contributed by atoms with Crippen molar-refractivity contribution in [3.8, 4) is 0 Å². The summed E-state index contributed by atoms with van der Waals surface area (Å²) in [5.74, 6) is -0.194. The van der Waals surface area contributed by atoms with Crippen LogP contribution in [0.3, 0.4) is 0 Å². The van der Waals surface area contributed by atoms with Crippen LogP contribution in [-0.4, -0.2) is 26.9 Å². The lowest BCUT2D eigenvalue weighted by atomic mass is 10.1. The molecule has 0 bridgehead atoms. The highest BCUT2D eigenvalue weighted by atomic mass is 32.2. The molecule has 0 aliphatic carbocycles. The smallest absolute Gasteiger partial charge is 0.319 e. The number of carbonyl (C=O) groups is 2. The maximum absolute atomic E-state index is 11.9. The zero-order valence-electron chi connectivity index (χ0n) is 14.2. The molecule has 0 spiro atoms. The van der Waals surface area contributed by atoms with Gasteiger partial charge >= 0.3 is 6.03 Å². The highest BCUT2D eigenvalue weighted by Gasteiger charge is 2.07. The van der Waals surface area contributed by atoms with Crippen molar-refractivity contribution < 1.29 is 18.0 Å². The Labute approximate surface area is 151 Å². The van der Waals surface area contributed by atoms with Crippen LogP contribution >= 0.6 is 0 Å². The van der Waals surface area contributed by atoms with Gasteiger partial charge in [-0.15, -0.1) is 0 Å². The number of sulfonamides is 1. The second kappa shape index (κ2) is 8.45. The zero-order valence-corrected chi connectivity index (χ0v) is 15.0. The molecular weight excluding hydrogens is 356 g/mol. The number of amides is 3. The number of rotatable bonds is 6. The molecule has 26 heavy (non-hydrogen) atoms. The van der Waals surface area contributed by atoms with Crippen molar-refractivity contribution in [3.05, 3.63) is 54.1 Å². The molecule has 0 aliphatic rings. The number of benzene rings is 2. The average molecular weight is 376 g/mol. The lowest BCUT2D eigenvalue weighted by molar-refractivity contribution is -0.114. The summed E-state index contributed by atoms with van der Waals surface area (Å²) in [7, 11) is -3.71. The van der Waals surface area contributed by atoms with Crippen molar-refractivity contribution >= 4 is 33.3 Å². The van der Waals surface area contributed by atoms with E-state index in [1.165, 1.54) is 19.1 Å². The molecule has 2 aromatic carbocycles. The number of hydrogen-bond donors (Lipinski definition) is 4. The van der Waals surface area contributed by atoms with E-state index < -0.39 is 10.0 Å². The minimum Gasteiger partial charge on any atom is -0.338 e. The fourth-order valence-corrected chi connectivity index (χ4v) is 2.73. The lowest BCUT2D eigenvalue weighted by Gasteiger charge is -2.09. The molecule has 9 heteroatoms. The maximum Gasteiger partial charge on any atom is 0.319 e. The van der Waals surface area contributed by atoms with E-state index in [4.69, 9.17) is 5.14 Å². The van der Waals surface area contributed by atoms with Gasteiger partial charge in [0.25, 0.3) is 0 Å². The summed E-state index contributed by atoms with van der Waals surface area (Å²) < 4.78 is 22.4. The Morgan fingerprint density at radius 3 is 2.19 bits per heavy atom. The van der Waals surface area contributed by atoms with Crippen molar-refractivity contribution in [2.75, 3.05) is 17.2 Å². The number of carbonyl (C=O) groups excluding carboxylic acids is 2. The Hall–Kier alpha value is -2.91. The first-order valence-electron chi connectivity index (χ1n) is 7.78. The van der Waals surface area contributed by atoms with E-state index in [0.717, 1.165) is 5.56 Å². The molecule has 0 aromatic heterocycles. The van der Waals surface area contributed by atoms with E-state index in [1.54, 1.807) is 36.4 Å². The molecule has 0 atom stereocenters. The van der Waals surface area contributed by atoms with Gasteiger partial charge in [-0.3, -0.25) is 4.79 Å². The summed E-state index contributed by atoms with van der Waals surface area (Å²) in [5, 5.41) is 13.1. The van der Waals surface area contributed by atoms with Crippen LogP contribution in [0.15, 0.2) is 53.4 Å². The predicted molar refractivity (Wildman–Crippen MR) is 99.3 cm³/mol. The highest BCUT2D eigenvalue weighted by Crippen LogP contribution is 2.15. The van der Waals surface area contributed by atoms with Crippen LogP contribution < -0.4 is 21.1 Å². The Balaban J connectivity index is 1.83. The van der Waals surface area contributed by atoms with Gasteiger partial charge in [-0.25, -0.2) is 18.4 Å². The van der Waals surface area contributed by atoms with Gasteiger partial charge in [0.15, 0.2) is 0 Å². The first-order chi connectivity index (χ1) is 12.2. The molecule has 0 fully saturated rings. The summed E-state index contributed by atoms with van der Waals surface area (Å²) in [6.07, 6.45) is 0.532. The molecule has 138 valence electrons. The number of anilines is 2. The second-order valence-electron chi connectivity index (χ2n) is 5.58. The molecule has 0 radical (unpaired) electrons. The summed E-state index contributed by atoms with van der Waals surface area (Å²) in [4.78, 5) is 23.0. The fourth-order valence-electron chi connectivity index (χ4n) is 2.22. The highest BCUT2D eigenvalue weighted by molar-refractivity contribution is 7.89. The molecule has 3 amide bonds. The lowest BCUT2D eigenvalue weighted by Crippen LogP contribution is -2.30. The van der Waals surface area contributed by atoms with Crippen LogP contribution in [0.4, 0.5) is 16.2 Å². The van der Waals surface area contributed by atoms with Crippen LogP contribution in [0.2, 0.25) is 0 Å². The van der Waals surface area contributed by atoms with Crippen molar-refractivity contribution in [2.45, 2.75) is 18.2 Å². The molecule has 2 aromatic rings. The Morgan fingerprint density at radius 1 is 1.00 bits per heavy atom. The summed E-state index contributed by atoms with van der Waals surface area (Å²) in [6, 6.07) is 12.6. The monoisotopic (exact) mass is 376 g/mol. The van der Waals surface area contributed by atoms with Crippen molar-refractivity contribution in [2.24, 2.45) is 5.14 Å². The van der Waals surface area contributed by atoms with E-state index in [2.05, 4.69) is 16.0 Å².